The van der Waals surface area contributed by atoms with E-state index in [0.29, 0.717) is 11.8 Å². The minimum Gasteiger partial charge on any atom is -0.497 e. The van der Waals surface area contributed by atoms with E-state index in [4.69, 9.17) is 4.74 Å². The molecular weight excluding hydrogens is 198 g/mol. The van der Waals surface area contributed by atoms with Gasteiger partial charge >= 0.3 is 0 Å². The highest BCUT2D eigenvalue weighted by Crippen LogP contribution is 2.19. The average Bonchev–Trinajstić information content (AvgIpc) is 2.29. The Morgan fingerprint density at radius 1 is 1.25 bits per heavy atom. The van der Waals surface area contributed by atoms with Crippen LogP contribution in [-0.4, -0.2) is 20.7 Å². The van der Waals surface area contributed by atoms with E-state index in [1.54, 1.807) is 7.11 Å². The zero-order valence-corrected chi connectivity index (χ0v) is 10.8. The molecule has 2 heteroatoms. The number of ether oxygens (including phenoxy) is 1. The van der Waals surface area contributed by atoms with Gasteiger partial charge in [-0.05, 0) is 49.5 Å². The summed E-state index contributed by atoms with van der Waals surface area (Å²) >= 11 is 0. The maximum absolute atomic E-state index is 5.23. The first-order valence-corrected chi connectivity index (χ1v) is 5.95. The van der Waals surface area contributed by atoms with Crippen LogP contribution in [0.5, 0.6) is 5.75 Å². The summed E-state index contributed by atoms with van der Waals surface area (Å²) in [4.78, 5) is 0. The summed E-state index contributed by atoms with van der Waals surface area (Å²) in [5, 5.41) is 3.23. The van der Waals surface area contributed by atoms with Gasteiger partial charge in [-0.2, -0.15) is 0 Å². The SMILES string of the molecule is CNCC(C)C(C)Cc1cccc(OC)c1. The van der Waals surface area contributed by atoms with Crippen LogP contribution in [0.4, 0.5) is 0 Å². The van der Waals surface area contributed by atoms with E-state index in [1.807, 2.05) is 13.1 Å². The summed E-state index contributed by atoms with van der Waals surface area (Å²) in [5.74, 6) is 2.32. The first-order valence-electron chi connectivity index (χ1n) is 5.95. The molecule has 0 heterocycles. The fourth-order valence-electron chi connectivity index (χ4n) is 1.90. The van der Waals surface area contributed by atoms with Crippen molar-refractivity contribution >= 4 is 0 Å². The van der Waals surface area contributed by atoms with Gasteiger partial charge in [0.15, 0.2) is 0 Å². The van der Waals surface area contributed by atoms with Gasteiger partial charge in [0.25, 0.3) is 0 Å². The van der Waals surface area contributed by atoms with Gasteiger partial charge in [0.2, 0.25) is 0 Å². The van der Waals surface area contributed by atoms with E-state index in [9.17, 15) is 0 Å². The van der Waals surface area contributed by atoms with Crippen molar-refractivity contribution in [1.29, 1.82) is 0 Å². The fourth-order valence-corrected chi connectivity index (χ4v) is 1.90. The zero-order valence-electron chi connectivity index (χ0n) is 10.8. The van der Waals surface area contributed by atoms with E-state index < -0.39 is 0 Å². The van der Waals surface area contributed by atoms with E-state index in [2.05, 4.69) is 37.4 Å². The minimum absolute atomic E-state index is 0.680. The second-order valence-corrected chi connectivity index (χ2v) is 4.57. The summed E-state index contributed by atoms with van der Waals surface area (Å²) in [5.41, 5.74) is 1.36. The molecule has 0 saturated carbocycles. The van der Waals surface area contributed by atoms with Crippen LogP contribution in [0.15, 0.2) is 24.3 Å². The number of nitrogens with one attached hydrogen (secondary N) is 1. The maximum atomic E-state index is 5.23. The summed E-state index contributed by atoms with van der Waals surface area (Å²) in [7, 11) is 3.72. The highest BCUT2D eigenvalue weighted by molar-refractivity contribution is 5.28. The van der Waals surface area contributed by atoms with Crippen molar-refractivity contribution in [3.05, 3.63) is 29.8 Å². The molecule has 16 heavy (non-hydrogen) atoms. The topological polar surface area (TPSA) is 21.3 Å². The molecule has 0 saturated heterocycles. The molecule has 0 radical (unpaired) electrons. The Balaban J connectivity index is 2.58. The van der Waals surface area contributed by atoms with Gasteiger partial charge in [-0.15, -0.1) is 0 Å². The predicted octanol–water partition coefficient (Wildman–Crippen LogP) is 2.73. The number of hydrogen-bond acceptors (Lipinski definition) is 2. The normalized spacial score (nSPS) is 14.5. The molecule has 90 valence electrons. The van der Waals surface area contributed by atoms with Gasteiger partial charge < -0.3 is 10.1 Å². The molecule has 0 aliphatic carbocycles. The van der Waals surface area contributed by atoms with Gasteiger partial charge in [-0.3, -0.25) is 0 Å². The number of benzene rings is 1. The molecule has 1 N–H and O–H groups in total. The Morgan fingerprint density at radius 3 is 2.62 bits per heavy atom. The van der Waals surface area contributed by atoms with Crippen LogP contribution in [0.3, 0.4) is 0 Å². The molecule has 2 unspecified atom stereocenters. The Hall–Kier alpha value is -1.02. The monoisotopic (exact) mass is 221 g/mol. The first kappa shape index (κ1) is 13.0. The largest absolute Gasteiger partial charge is 0.497 e. The number of methoxy groups -OCH3 is 1. The van der Waals surface area contributed by atoms with Crippen molar-refractivity contribution in [2.24, 2.45) is 11.8 Å². The smallest absolute Gasteiger partial charge is 0.119 e. The standard InChI is InChI=1S/C14H23NO/c1-11(12(2)10-15-3)8-13-6-5-7-14(9-13)16-4/h5-7,9,11-12,15H,8,10H2,1-4H3. The number of rotatable bonds is 6. The van der Waals surface area contributed by atoms with Crippen LogP contribution in [0.1, 0.15) is 19.4 Å². The lowest BCUT2D eigenvalue weighted by Crippen LogP contribution is -2.23. The van der Waals surface area contributed by atoms with E-state index in [1.165, 1.54) is 5.56 Å². The predicted molar refractivity (Wildman–Crippen MR) is 69.0 cm³/mol. The average molecular weight is 221 g/mol. The summed E-state index contributed by atoms with van der Waals surface area (Å²) < 4.78 is 5.23. The Labute approximate surface area is 99.0 Å². The zero-order chi connectivity index (χ0) is 12.0. The van der Waals surface area contributed by atoms with Gasteiger partial charge in [0.1, 0.15) is 5.75 Å². The Kier molecular flexibility index (Phi) is 5.33. The lowest BCUT2D eigenvalue weighted by molar-refractivity contribution is 0.373. The highest BCUT2D eigenvalue weighted by atomic mass is 16.5. The van der Waals surface area contributed by atoms with Gasteiger partial charge in [-0.1, -0.05) is 26.0 Å². The molecule has 1 aromatic rings. The first-order chi connectivity index (χ1) is 7.67. The summed E-state index contributed by atoms with van der Waals surface area (Å²) in [6.07, 6.45) is 1.11. The van der Waals surface area contributed by atoms with Crippen molar-refractivity contribution in [2.75, 3.05) is 20.7 Å². The Morgan fingerprint density at radius 2 is 2.00 bits per heavy atom. The molecule has 0 bridgehead atoms. The van der Waals surface area contributed by atoms with Crippen LogP contribution >= 0.6 is 0 Å². The third-order valence-corrected chi connectivity index (χ3v) is 3.19. The minimum atomic E-state index is 0.680. The molecule has 0 amide bonds. The molecule has 0 aliphatic heterocycles. The molecule has 0 spiro atoms. The van der Waals surface area contributed by atoms with E-state index in [-0.39, 0.29) is 0 Å². The van der Waals surface area contributed by atoms with Gasteiger partial charge in [-0.25, -0.2) is 0 Å². The lowest BCUT2D eigenvalue weighted by atomic mass is 9.89. The van der Waals surface area contributed by atoms with E-state index >= 15 is 0 Å². The quantitative estimate of drug-likeness (QED) is 0.797. The molecule has 1 rings (SSSR count). The molecule has 0 fully saturated rings. The molecule has 0 aliphatic rings. The third kappa shape index (κ3) is 3.86. The Bertz CT molecular complexity index is 311. The van der Waals surface area contributed by atoms with Crippen LogP contribution in [-0.2, 0) is 6.42 Å². The van der Waals surface area contributed by atoms with Gasteiger partial charge in [0, 0.05) is 0 Å². The third-order valence-electron chi connectivity index (χ3n) is 3.19. The van der Waals surface area contributed by atoms with Crippen molar-refractivity contribution in [3.63, 3.8) is 0 Å². The summed E-state index contributed by atoms with van der Waals surface area (Å²) in [6.45, 7) is 5.67. The highest BCUT2D eigenvalue weighted by Gasteiger charge is 2.12. The number of hydrogen-bond donors (Lipinski definition) is 1. The molecule has 2 atom stereocenters. The van der Waals surface area contributed by atoms with Crippen molar-refractivity contribution in [2.45, 2.75) is 20.3 Å². The molecular formula is C14H23NO. The van der Waals surface area contributed by atoms with Gasteiger partial charge in [0.05, 0.1) is 7.11 Å². The summed E-state index contributed by atoms with van der Waals surface area (Å²) in [6, 6.07) is 8.35. The molecule has 2 nitrogen and oxygen atoms in total. The van der Waals surface area contributed by atoms with Crippen LogP contribution in [0, 0.1) is 11.8 Å². The molecule has 1 aromatic carbocycles. The van der Waals surface area contributed by atoms with E-state index in [0.717, 1.165) is 18.7 Å². The lowest BCUT2D eigenvalue weighted by Gasteiger charge is -2.19. The van der Waals surface area contributed by atoms with Crippen molar-refractivity contribution < 1.29 is 4.74 Å². The van der Waals surface area contributed by atoms with Crippen molar-refractivity contribution in [1.82, 2.24) is 5.32 Å². The van der Waals surface area contributed by atoms with Crippen LogP contribution in [0.25, 0.3) is 0 Å². The molecule has 0 aromatic heterocycles. The second kappa shape index (κ2) is 6.54. The second-order valence-electron chi connectivity index (χ2n) is 4.57. The van der Waals surface area contributed by atoms with Crippen molar-refractivity contribution in [3.8, 4) is 5.75 Å². The van der Waals surface area contributed by atoms with Crippen LogP contribution in [0.2, 0.25) is 0 Å². The fraction of sp³-hybridized carbons (Fsp3) is 0.571. The maximum Gasteiger partial charge on any atom is 0.119 e. The van der Waals surface area contributed by atoms with Crippen LogP contribution < -0.4 is 10.1 Å².